The van der Waals surface area contributed by atoms with Gasteiger partial charge in [-0.2, -0.15) is 0 Å². The highest BCUT2D eigenvalue weighted by molar-refractivity contribution is 7.13. The minimum absolute atomic E-state index is 0.0205. The fourth-order valence-electron chi connectivity index (χ4n) is 3.77. The van der Waals surface area contributed by atoms with Gasteiger partial charge in [-0.3, -0.25) is 4.79 Å². The van der Waals surface area contributed by atoms with Crippen molar-refractivity contribution in [1.29, 1.82) is 0 Å². The van der Waals surface area contributed by atoms with Crippen LogP contribution in [0.1, 0.15) is 40.5 Å². The van der Waals surface area contributed by atoms with E-state index in [0.717, 1.165) is 47.0 Å². The molecule has 150 valence electrons. The highest BCUT2D eigenvalue weighted by Gasteiger charge is 2.33. The quantitative estimate of drug-likeness (QED) is 0.588. The Labute approximate surface area is 174 Å². The number of carbonyl (C=O) groups excluding carboxylic acids is 1. The van der Waals surface area contributed by atoms with Gasteiger partial charge in [-0.25, -0.2) is 4.98 Å². The van der Waals surface area contributed by atoms with Gasteiger partial charge in [0.2, 0.25) is 0 Å². The lowest BCUT2D eigenvalue weighted by atomic mass is 10.0. The first-order chi connectivity index (χ1) is 14.1. The van der Waals surface area contributed by atoms with Crippen LogP contribution in [-0.2, 0) is 0 Å². The molecule has 1 aliphatic rings. The zero-order valence-electron chi connectivity index (χ0n) is 16.8. The normalized spacial score (nSPS) is 16.1. The minimum Gasteiger partial charge on any atom is -0.497 e. The van der Waals surface area contributed by atoms with Crippen molar-refractivity contribution in [2.75, 3.05) is 20.8 Å². The summed E-state index contributed by atoms with van der Waals surface area (Å²) in [5.41, 5.74) is 3.75. The average Bonchev–Trinajstić information content (AvgIpc) is 3.43. The number of thiazole rings is 1. The molecule has 1 unspecified atom stereocenters. The van der Waals surface area contributed by atoms with Crippen molar-refractivity contribution in [3.8, 4) is 22.1 Å². The maximum Gasteiger partial charge on any atom is 0.273 e. The molecular formula is C23H24N2O3S. The summed E-state index contributed by atoms with van der Waals surface area (Å²) in [6.07, 6.45) is 1.87. The molecule has 1 fully saturated rings. The molecule has 0 aliphatic carbocycles. The smallest absolute Gasteiger partial charge is 0.273 e. The maximum atomic E-state index is 13.3. The summed E-state index contributed by atoms with van der Waals surface area (Å²) in [5, 5.41) is 2.73. The number of ether oxygens (including phenoxy) is 2. The molecule has 1 amide bonds. The molecule has 0 bridgehead atoms. The van der Waals surface area contributed by atoms with Crippen molar-refractivity contribution in [3.63, 3.8) is 0 Å². The van der Waals surface area contributed by atoms with E-state index in [-0.39, 0.29) is 11.9 Å². The van der Waals surface area contributed by atoms with Crippen LogP contribution >= 0.6 is 11.3 Å². The standard InChI is InChI=1S/C23H24N2O3S/c1-15-6-8-16(9-7-15)22-24-19(14-29-22)23(26)25-12-4-5-20(25)18-11-10-17(27-2)13-21(18)28-3/h6-11,13-14,20H,4-5,12H2,1-3H3. The lowest BCUT2D eigenvalue weighted by Crippen LogP contribution is -2.31. The van der Waals surface area contributed by atoms with E-state index >= 15 is 0 Å². The molecule has 6 heteroatoms. The summed E-state index contributed by atoms with van der Waals surface area (Å²) in [7, 11) is 3.28. The van der Waals surface area contributed by atoms with Crippen molar-refractivity contribution in [2.24, 2.45) is 0 Å². The van der Waals surface area contributed by atoms with E-state index in [2.05, 4.69) is 24.0 Å². The highest BCUT2D eigenvalue weighted by atomic mass is 32.1. The van der Waals surface area contributed by atoms with Gasteiger partial charge < -0.3 is 14.4 Å². The maximum absolute atomic E-state index is 13.3. The molecule has 3 aromatic rings. The van der Waals surface area contributed by atoms with Crippen LogP contribution in [0.5, 0.6) is 11.5 Å². The molecule has 5 nitrogen and oxygen atoms in total. The van der Waals surface area contributed by atoms with Crippen LogP contribution < -0.4 is 9.47 Å². The number of methoxy groups -OCH3 is 2. The lowest BCUT2D eigenvalue weighted by molar-refractivity contribution is 0.0729. The number of nitrogens with zero attached hydrogens (tertiary/aromatic N) is 2. The van der Waals surface area contributed by atoms with E-state index in [1.807, 2.05) is 40.6 Å². The van der Waals surface area contributed by atoms with Gasteiger partial charge in [-0.15, -0.1) is 11.3 Å². The molecule has 1 atom stereocenters. The number of benzene rings is 2. The number of hydrogen-bond donors (Lipinski definition) is 0. The zero-order chi connectivity index (χ0) is 20.4. The summed E-state index contributed by atoms with van der Waals surface area (Å²) < 4.78 is 10.9. The third-order valence-electron chi connectivity index (χ3n) is 5.34. The Hall–Kier alpha value is -2.86. The third-order valence-corrected chi connectivity index (χ3v) is 6.23. The van der Waals surface area contributed by atoms with Crippen LogP contribution in [0.2, 0.25) is 0 Å². The predicted octanol–water partition coefficient (Wildman–Crippen LogP) is 5.11. The number of hydrogen-bond acceptors (Lipinski definition) is 5. The monoisotopic (exact) mass is 408 g/mol. The second-order valence-corrected chi connectivity index (χ2v) is 8.03. The molecule has 1 saturated heterocycles. The molecule has 0 saturated carbocycles. The van der Waals surface area contributed by atoms with E-state index in [0.29, 0.717) is 5.69 Å². The van der Waals surface area contributed by atoms with Gasteiger partial charge in [0.25, 0.3) is 5.91 Å². The van der Waals surface area contributed by atoms with Gasteiger partial charge in [0.15, 0.2) is 0 Å². The van der Waals surface area contributed by atoms with Crippen molar-refractivity contribution in [2.45, 2.75) is 25.8 Å². The van der Waals surface area contributed by atoms with Gasteiger partial charge in [0.1, 0.15) is 22.2 Å². The number of carbonyl (C=O) groups is 1. The Kier molecular flexibility index (Phi) is 5.53. The van der Waals surface area contributed by atoms with Crippen LogP contribution in [0.15, 0.2) is 47.8 Å². The summed E-state index contributed by atoms with van der Waals surface area (Å²) in [5.74, 6) is 1.45. The van der Waals surface area contributed by atoms with Crippen LogP contribution in [0.25, 0.3) is 10.6 Å². The predicted molar refractivity (Wildman–Crippen MR) is 115 cm³/mol. The van der Waals surface area contributed by atoms with Gasteiger partial charge in [0.05, 0.1) is 20.3 Å². The molecule has 1 aliphatic heterocycles. The van der Waals surface area contributed by atoms with Crippen LogP contribution in [0.4, 0.5) is 0 Å². The highest BCUT2D eigenvalue weighted by Crippen LogP contribution is 2.39. The Morgan fingerprint density at radius 1 is 1.14 bits per heavy atom. The number of rotatable bonds is 5. The summed E-state index contributed by atoms with van der Waals surface area (Å²) in [4.78, 5) is 19.8. The van der Waals surface area contributed by atoms with Crippen molar-refractivity contribution < 1.29 is 14.3 Å². The molecule has 0 spiro atoms. The van der Waals surface area contributed by atoms with Gasteiger partial charge in [-0.1, -0.05) is 29.8 Å². The first kappa shape index (κ1) is 19.5. The van der Waals surface area contributed by atoms with Crippen LogP contribution in [0, 0.1) is 6.92 Å². The molecular weight excluding hydrogens is 384 g/mol. The Balaban J connectivity index is 1.59. The first-order valence-corrected chi connectivity index (χ1v) is 10.5. The van der Waals surface area contributed by atoms with Gasteiger partial charge in [-0.05, 0) is 31.9 Å². The fourth-order valence-corrected chi connectivity index (χ4v) is 4.57. The molecule has 4 rings (SSSR count). The SMILES string of the molecule is COc1ccc(C2CCCN2C(=O)c2csc(-c3ccc(C)cc3)n2)c(OC)c1. The molecule has 0 N–H and O–H groups in total. The molecule has 2 heterocycles. The number of likely N-dealkylation sites (tertiary alicyclic amines) is 1. The number of aromatic nitrogens is 1. The minimum atomic E-state index is -0.0278. The van der Waals surface area contributed by atoms with Gasteiger partial charge in [0, 0.05) is 29.1 Å². The Bertz CT molecular complexity index is 1010. The van der Waals surface area contributed by atoms with Crippen LogP contribution in [0.3, 0.4) is 0 Å². The van der Waals surface area contributed by atoms with E-state index in [4.69, 9.17) is 9.47 Å². The first-order valence-electron chi connectivity index (χ1n) is 9.66. The zero-order valence-corrected chi connectivity index (χ0v) is 17.7. The van der Waals surface area contributed by atoms with Crippen LogP contribution in [-0.4, -0.2) is 36.6 Å². The van der Waals surface area contributed by atoms with E-state index < -0.39 is 0 Å². The Morgan fingerprint density at radius 2 is 1.93 bits per heavy atom. The largest absolute Gasteiger partial charge is 0.497 e. The third kappa shape index (κ3) is 3.85. The molecule has 29 heavy (non-hydrogen) atoms. The van der Waals surface area contributed by atoms with Crippen molar-refractivity contribution in [1.82, 2.24) is 9.88 Å². The Morgan fingerprint density at radius 3 is 2.66 bits per heavy atom. The summed E-state index contributed by atoms with van der Waals surface area (Å²) in [6.45, 7) is 2.78. The number of amides is 1. The topological polar surface area (TPSA) is 51.7 Å². The summed E-state index contributed by atoms with van der Waals surface area (Å²) >= 11 is 1.51. The van der Waals surface area contributed by atoms with Gasteiger partial charge >= 0.3 is 0 Å². The summed E-state index contributed by atoms with van der Waals surface area (Å²) in [6, 6.07) is 14.0. The second kappa shape index (κ2) is 8.25. The fraction of sp³-hybridized carbons (Fsp3) is 0.304. The lowest BCUT2D eigenvalue weighted by Gasteiger charge is -2.26. The van der Waals surface area contributed by atoms with E-state index in [1.54, 1.807) is 14.2 Å². The van der Waals surface area contributed by atoms with Crippen molar-refractivity contribution >= 4 is 17.2 Å². The molecule has 0 radical (unpaired) electrons. The molecule has 1 aromatic heterocycles. The average molecular weight is 409 g/mol. The van der Waals surface area contributed by atoms with E-state index in [9.17, 15) is 4.79 Å². The van der Waals surface area contributed by atoms with Crippen molar-refractivity contribution in [3.05, 3.63) is 64.7 Å². The number of aryl methyl sites for hydroxylation is 1. The molecule has 2 aromatic carbocycles. The van der Waals surface area contributed by atoms with E-state index in [1.165, 1.54) is 16.9 Å². The second-order valence-electron chi connectivity index (χ2n) is 7.17.